The van der Waals surface area contributed by atoms with E-state index in [1.807, 2.05) is 17.7 Å². The van der Waals surface area contributed by atoms with Crippen molar-refractivity contribution >= 4 is 23.2 Å². The molecule has 1 N–H and O–H groups in total. The van der Waals surface area contributed by atoms with Crippen LogP contribution in [0.25, 0.3) is 5.82 Å². The molecule has 4 rings (SSSR count). The number of hydrogen-bond acceptors (Lipinski definition) is 5. The molecule has 0 bridgehead atoms. The summed E-state index contributed by atoms with van der Waals surface area (Å²) in [6, 6.07) is 17.4. The predicted molar refractivity (Wildman–Crippen MR) is 110 cm³/mol. The zero-order chi connectivity index (χ0) is 20.2. The molecule has 0 fully saturated rings. The van der Waals surface area contributed by atoms with E-state index in [1.165, 1.54) is 0 Å². The smallest absolute Gasteiger partial charge is 0.257 e. The molecule has 0 aliphatic rings. The van der Waals surface area contributed by atoms with Gasteiger partial charge in [0.2, 0.25) is 5.88 Å². The van der Waals surface area contributed by atoms with Gasteiger partial charge < -0.3 is 10.1 Å². The number of halogens is 1. The first-order chi connectivity index (χ1) is 14.1. The van der Waals surface area contributed by atoms with E-state index >= 15 is 0 Å². The number of ether oxygens (including phenoxy) is 1. The van der Waals surface area contributed by atoms with Crippen molar-refractivity contribution in [3.8, 4) is 17.4 Å². The fourth-order valence-electron chi connectivity index (χ4n) is 2.69. The van der Waals surface area contributed by atoms with Crippen LogP contribution in [-0.4, -0.2) is 25.7 Å². The van der Waals surface area contributed by atoms with Crippen molar-refractivity contribution in [1.29, 1.82) is 0 Å². The van der Waals surface area contributed by atoms with Crippen molar-refractivity contribution in [2.45, 2.75) is 6.92 Å². The summed E-state index contributed by atoms with van der Waals surface area (Å²) in [5, 5.41) is 11.4. The molecule has 0 saturated heterocycles. The van der Waals surface area contributed by atoms with Crippen LogP contribution in [0, 0.1) is 6.92 Å². The molecule has 0 aliphatic heterocycles. The predicted octanol–water partition coefficient (Wildman–Crippen LogP) is 4.67. The Kier molecular flexibility index (Phi) is 5.22. The standard InChI is InChI=1S/C21H16ClN5O2/c1-14-23-12-13-27(14)19-10-11-20(26-25-19)29-16-8-6-15(7-9-16)24-21(28)17-4-2-3-5-18(17)22/h2-13H,1H3,(H,24,28). The fraction of sp³-hybridized carbons (Fsp3) is 0.0476. The quantitative estimate of drug-likeness (QED) is 0.521. The highest BCUT2D eigenvalue weighted by Gasteiger charge is 2.10. The zero-order valence-electron chi connectivity index (χ0n) is 15.4. The fourth-order valence-corrected chi connectivity index (χ4v) is 2.91. The van der Waals surface area contributed by atoms with Gasteiger partial charge in [-0.3, -0.25) is 9.36 Å². The van der Waals surface area contributed by atoms with E-state index in [2.05, 4.69) is 20.5 Å². The van der Waals surface area contributed by atoms with Crippen LogP contribution in [0.1, 0.15) is 16.2 Å². The van der Waals surface area contributed by atoms with Crippen molar-refractivity contribution in [3.63, 3.8) is 0 Å². The first kappa shape index (κ1) is 18.6. The monoisotopic (exact) mass is 405 g/mol. The second kappa shape index (κ2) is 8.12. The van der Waals surface area contributed by atoms with E-state index in [4.69, 9.17) is 16.3 Å². The average Bonchev–Trinajstić information content (AvgIpc) is 3.16. The van der Waals surface area contributed by atoms with Gasteiger partial charge in [-0.15, -0.1) is 10.2 Å². The molecule has 8 heteroatoms. The summed E-state index contributed by atoms with van der Waals surface area (Å²) in [7, 11) is 0. The number of carbonyl (C=O) groups excluding carboxylic acids is 1. The molecule has 2 aromatic heterocycles. The highest BCUT2D eigenvalue weighted by Crippen LogP contribution is 2.23. The maximum absolute atomic E-state index is 12.3. The van der Waals surface area contributed by atoms with Crippen LogP contribution < -0.4 is 10.1 Å². The Hall–Kier alpha value is -3.71. The lowest BCUT2D eigenvalue weighted by molar-refractivity contribution is 0.102. The van der Waals surface area contributed by atoms with Crippen LogP contribution >= 0.6 is 11.6 Å². The number of hydrogen-bond donors (Lipinski definition) is 1. The second-order valence-electron chi connectivity index (χ2n) is 6.13. The summed E-state index contributed by atoms with van der Waals surface area (Å²) in [6.07, 6.45) is 3.52. The van der Waals surface area contributed by atoms with Gasteiger partial charge in [0.25, 0.3) is 5.91 Å². The second-order valence-corrected chi connectivity index (χ2v) is 6.54. The largest absolute Gasteiger partial charge is 0.438 e. The SMILES string of the molecule is Cc1nccn1-c1ccc(Oc2ccc(NC(=O)c3ccccc3Cl)cc2)nn1. The Bertz CT molecular complexity index is 1140. The Labute approximate surface area is 172 Å². The number of carbonyl (C=O) groups is 1. The van der Waals surface area contributed by atoms with Crippen LogP contribution in [0.5, 0.6) is 11.6 Å². The highest BCUT2D eigenvalue weighted by atomic mass is 35.5. The molecular weight excluding hydrogens is 390 g/mol. The van der Waals surface area contributed by atoms with Crippen LogP contribution in [-0.2, 0) is 0 Å². The minimum atomic E-state index is -0.277. The molecule has 0 atom stereocenters. The number of amides is 1. The van der Waals surface area contributed by atoms with Gasteiger partial charge in [-0.1, -0.05) is 23.7 Å². The zero-order valence-corrected chi connectivity index (χ0v) is 16.2. The third-order valence-electron chi connectivity index (χ3n) is 4.15. The number of imidazole rings is 1. The normalized spacial score (nSPS) is 10.6. The van der Waals surface area contributed by atoms with Crippen LogP contribution in [0.4, 0.5) is 5.69 Å². The third-order valence-corrected chi connectivity index (χ3v) is 4.48. The molecule has 2 aromatic carbocycles. The van der Waals surface area contributed by atoms with Crippen LogP contribution in [0.2, 0.25) is 5.02 Å². The number of nitrogens with one attached hydrogen (secondary N) is 1. The molecule has 0 spiro atoms. The number of aryl methyl sites for hydroxylation is 1. The molecular formula is C21H16ClN5O2. The molecule has 29 heavy (non-hydrogen) atoms. The van der Waals surface area contributed by atoms with Gasteiger partial charge in [0, 0.05) is 24.1 Å². The number of anilines is 1. The van der Waals surface area contributed by atoms with E-state index < -0.39 is 0 Å². The first-order valence-electron chi connectivity index (χ1n) is 8.78. The van der Waals surface area contributed by atoms with Crippen LogP contribution in [0.15, 0.2) is 73.1 Å². The van der Waals surface area contributed by atoms with E-state index in [-0.39, 0.29) is 5.91 Å². The summed E-state index contributed by atoms with van der Waals surface area (Å²) in [4.78, 5) is 16.5. The summed E-state index contributed by atoms with van der Waals surface area (Å²) in [6.45, 7) is 1.89. The summed E-state index contributed by atoms with van der Waals surface area (Å²) in [5.41, 5.74) is 1.04. The maximum atomic E-state index is 12.3. The van der Waals surface area contributed by atoms with Gasteiger partial charge in [0.1, 0.15) is 11.6 Å². The number of benzene rings is 2. The minimum absolute atomic E-state index is 0.277. The lowest BCUT2D eigenvalue weighted by Crippen LogP contribution is -2.12. The molecule has 0 unspecified atom stereocenters. The van der Waals surface area contributed by atoms with Crippen molar-refractivity contribution in [2.75, 3.05) is 5.32 Å². The molecule has 7 nitrogen and oxygen atoms in total. The van der Waals surface area contributed by atoms with Gasteiger partial charge in [0.05, 0.1) is 10.6 Å². The number of nitrogens with zero attached hydrogens (tertiary/aromatic N) is 4. The topological polar surface area (TPSA) is 81.9 Å². The number of aromatic nitrogens is 4. The van der Waals surface area contributed by atoms with Gasteiger partial charge in [-0.05, 0) is 49.4 Å². The Morgan fingerprint density at radius 1 is 1.03 bits per heavy atom. The summed E-state index contributed by atoms with van der Waals surface area (Å²) < 4.78 is 7.54. The van der Waals surface area contributed by atoms with Gasteiger partial charge in [-0.25, -0.2) is 4.98 Å². The van der Waals surface area contributed by atoms with Gasteiger partial charge in [-0.2, -0.15) is 0 Å². The molecule has 0 saturated carbocycles. The molecule has 1 amide bonds. The van der Waals surface area contributed by atoms with Gasteiger partial charge >= 0.3 is 0 Å². The van der Waals surface area contributed by atoms with E-state index in [0.29, 0.717) is 33.7 Å². The molecule has 4 aromatic rings. The average molecular weight is 406 g/mol. The highest BCUT2D eigenvalue weighted by molar-refractivity contribution is 6.34. The first-order valence-corrected chi connectivity index (χ1v) is 9.16. The van der Waals surface area contributed by atoms with Crippen molar-refractivity contribution in [2.24, 2.45) is 0 Å². The summed E-state index contributed by atoms with van der Waals surface area (Å²) in [5.74, 6) is 2.13. The van der Waals surface area contributed by atoms with E-state index in [0.717, 1.165) is 5.82 Å². The number of rotatable bonds is 5. The molecule has 2 heterocycles. The van der Waals surface area contributed by atoms with Crippen molar-refractivity contribution < 1.29 is 9.53 Å². The Balaban J connectivity index is 1.41. The molecule has 0 aliphatic carbocycles. The Morgan fingerprint density at radius 3 is 2.48 bits per heavy atom. The third kappa shape index (κ3) is 4.25. The van der Waals surface area contributed by atoms with Crippen LogP contribution in [0.3, 0.4) is 0 Å². The van der Waals surface area contributed by atoms with Gasteiger partial charge in [0.15, 0.2) is 5.82 Å². The Morgan fingerprint density at radius 2 is 1.83 bits per heavy atom. The lowest BCUT2D eigenvalue weighted by Gasteiger charge is -2.09. The summed E-state index contributed by atoms with van der Waals surface area (Å²) >= 11 is 6.05. The lowest BCUT2D eigenvalue weighted by atomic mass is 10.2. The molecule has 0 radical (unpaired) electrons. The van der Waals surface area contributed by atoms with Crippen molar-refractivity contribution in [3.05, 3.63) is 89.5 Å². The van der Waals surface area contributed by atoms with E-state index in [1.54, 1.807) is 66.9 Å². The van der Waals surface area contributed by atoms with Crippen molar-refractivity contribution in [1.82, 2.24) is 19.7 Å². The van der Waals surface area contributed by atoms with E-state index in [9.17, 15) is 4.79 Å². The maximum Gasteiger partial charge on any atom is 0.257 e. The minimum Gasteiger partial charge on any atom is -0.438 e. The molecule has 144 valence electrons.